The van der Waals surface area contributed by atoms with Gasteiger partial charge >= 0.3 is 5.97 Å². The van der Waals surface area contributed by atoms with Crippen LogP contribution in [-0.4, -0.2) is 57.6 Å². The van der Waals surface area contributed by atoms with Gasteiger partial charge in [-0.3, -0.25) is 19.2 Å². The van der Waals surface area contributed by atoms with Gasteiger partial charge in [0.25, 0.3) is 0 Å². The second-order valence-electron chi connectivity index (χ2n) is 18.5. The van der Waals surface area contributed by atoms with E-state index >= 15 is 0 Å². The number of rotatable bonds is 25. The number of carbonyl (C=O) groups is 5. The molecule has 10 heteroatoms. The summed E-state index contributed by atoms with van der Waals surface area (Å²) in [5.41, 5.74) is 4.97. The number of hydrogen-bond donors (Lipinski definition) is 3. The number of esters is 1. The molecule has 0 atom stereocenters. The lowest BCUT2D eigenvalue weighted by Crippen LogP contribution is -2.15. The summed E-state index contributed by atoms with van der Waals surface area (Å²) in [6.45, 7) is 13.3. The van der Waals surface area contributed by atoms with Crippen molar-refractivity contribution in [1.82, 2.24) is 0 Å². The Labute approximate surface area is 403 Å². The van der Waals surface area contributed by atoms with Crippen LogP contribution in [0.15, 0.2) is 60.7 Å². The number of benzene rings is 4. The van der Waals surface area contributed by atoms with E-state index in [9.17, 15) is 39.3 Å². The second-order valence-corrected chi connectivity index (χ2v) is 18.5. The average Bonchev–Trinajstić information content (AvgIpc) is 3.31. The van der Waals surface area contributed by atoms with Gasteiger partial charge in [0.15, 0.2) is 23.1 Å². The van der Waals surface area contributed by atoms with E-state index in [4.69, 9.17) is 9.47 Å². The lowest BCUT2D eigenvalue weighted by molar-refractivity contribution is -0.139. The van der Waals surface area contributed by atoms with E-state index in [1.54, 1.807) is 55.5 Å². The average molecular weight is 929 g/mol. The standard InChI is InChI=1S/C58H72O10/c1-7-11-15-19-50(59)38-25-42-33-44-27-39(51(60)20-16-12-8-2)29-46(55(44)64)35-48-31-41(53(62)22-18-14-10-4)32-49(57(48)67-23-24-68-58(66)37(5)6)36-47-30-40(52(61)21-17-13-9-3)28-45(56(47)65)34-43(26-38)54(42)63/h25-32,63-65H,5,7-24,33-36H2,1-4,6H3. The van der Waals surface area contributed by atoms with Gasteiger partial charge in [0, 0.05) is 79.2 Å². The van der Waals surface area contributed by atoms with Gasteiger partial charge in [-0.05, 0) is 126 Å². The van der Waals surface area contributed by atoms with Crippen molar-refractivity contribution < 1.29 is 48.8 Å². The molecule has 4 aromatic carbocycles. The molecule has 0 unspecified atom stereocenters. The van der Waals surface area contributed by atoms with Crippen LogP contribution in [0.3, 0.4) is 0 Å². The molecule has 0 fully saturated rings. The van der Waals surface area contributed by atoms with Gasteiger partial charge in [0.2, 0.25) is 0 Å². The maximum absolute atomic E-state index is 14.1. The molecule has 68 heavy (non-hydrogen) atoms. The van der Waals surface area contributed by atoms with Gasteiger partial charge in [-0.2, -0.15) is 0 Å². The first-order chi connectivity index (χ1) is 32.7. The van der Waals surface area contributed by atoms with Crippen LogP contribution in [0.1, 0.15) is 223 Å². The Morgan fingerprint density at radius 1 is 0.441 bits per heavy atom. The van der Waals surface area contributed by atoms with Gasteiger partial charge < -0.3 is 24.8 Å². The van der Waals surface area contributed by atoms with E-state index in [1.165, 1.54) is 0 Å². The van der Waals surface area contributed by atoms with Crippen molar-refractivity contribution in [2.75, 3.05) is 13.2 Å². The Morgan fingerprint density at radius 2 is 0.706 bits per heavy atom. The van der Waals surface area contributed by atoms with Crippen molar-refractivity contribution in [2.24, 2.45) is 0 Å². The lowest BCUT2D eigenvalue weighted by atomic mass is 9.86. The fraction of sp³-hybridized carbons (Fsp3) is 0.466. The van der Waals surface area contributed by atoms with Crippen LogP contribution >= 0.6 is 0 Å². The van der Waals surface area contributed by atoms with Crippen molar-refractivity contribution in [2.45, 2.75) is 163 Å². The molecule has 0 spiro atoms. The van der Waals surface area contributed by atoms with Crippen molar-refractivity contribution in [3.8, 4) is 23.0 Å². The van der Waals surface area contributed by atoms with E-state index in [0.717, 1.165) is 51.4 Å². The molecule has 1 aliphatic carbocycles. The minimum absolute atomic E-state index is 0.000741. The molecular weight excluding hydrogens is 857 g/mol. The summed E-state index contributed by atoms with van der Waals surface area (Å²) in [4.78, 5) is 68.3. The Morgan fingerprint density at radius 3 is 0.971 bits per heavy atom. The monoisotopic (exact) mass is 929 g/mol. The molecular formula is C58H72O10. The molecule has 0 aromatic heterocycles. The zero-order valence-corrected chi connectivity index (χ0v) is 41.1. The number of Topliss-reactive ketones (excluding diaryl/α,β-unsaturated/α-hetero) is 4. The summed E-state index contributed by atoms with van der Waals surface area (Å²) >= 11 is 0. The summed E-state index contributed by atoms with van der Waals surface area (Å²) in [5, 5.41) is 36.7. The molecule has 0 saturated carbocycles. The van der Waals surface area contributed by atoms with Crippen molar-refractivity contribution in [3.63, 3.8) is 0 Å². The van der Waals surface area contributed by atoms with Crippen LogP contribution in [0.2, 0.25) is 0 Å². The molecule has 8 bridgehead atoms. The van der Waals surface area contributed by atoms with Crippen molar-refractivity contribution >= 4 is 29.1 Å². The summed E-state index contributed by atoms with van der Waals surface area (Å²) in [6.07, 6.45) is 11.0. The minimum atomic E-state index is -0.580. The number of unbranched alkanes of at least 4 members (excludes halogenated alkanes) is 8. The maximum Gasteiger partial charge on any atom is 0.333 e. The van der Waals surface area contributed by atoms with Gasteiger partial charge in [-0.25, -0.2) is 4.79 Å². The summed E-state index contributed by atoms with van der Waals surface area (Å²) in [5.74, 6) is -1.00. The fourth-order valence-corrected chi connectivity index (χ4v) is 8.88. The molecule has 0 heterocycles. The molecule has 1 aliphatic rings. The molecule has 3 N–H and O–H groups in total. The van der Waals surface area contributed by atoms with Crippen LogP contribution in [0.25, 0.3) is 0 Å². The topological polar surface area (TPSA) is 164 Å². The molecule has 0 aliphatic heterocycles. The Bertz CT molecular complexity index is 2350. The zero-order valence-electron chi connectivity index (χ0n) is 41.1. The lowest BCUT2D eigenvalue weighted by Gasteiger charge is -2.22. The predicted molar refractivity (Wildman–Crippen MR) is 267 cm³/mol. The number of fused-ring (bicyclic) bond motifs is 8. The summed E-state index contributed by atoms with van der Waals surface area (Å²) < 4.78 is 11.9. The summed E-state index contributed by atoms with van der Waals surface area (Å²) in [6, 6.07) is 13.5. The fourth-order valence-electron chi connectivity index (χ4n) is 8.88. The normalized spacial score (nSPS) is 12.1. The number of phenolic OH excluding ortho intramolecular Hbond substituents is 3. The molecule has 364 valence electrons. The van der Waals surface area contributed by atoms with Crippen LogP contribution in [0, 0.1) is 0 Å². The number of carbonyl (C=O) groups excluding carboxylic acids is 5. The van der Waals surface area contributed by atoms with Crippen molar-refractivity contribution in [1.29, 1.82) is 0 Å². The third kappa shape index (κ3) is 14.3. The SMILES string of the molecule is C=C(C)C(=O)OCCOc1c2cc(C(=O)CCCCC)cc1Cc1cc(C(=O)CCCCC)cc(c1O)Cc1cc(C(=O)CCCCC)cc(c1O)Cc1cc(C(=O)CCCCC)cc(c1O)C2. The zero-order chi connectivity index (χ0) is 49.3. The predicted octanol–water partition coefficient (Wildman–Crippen LogP) is 13.0. The number of ketones is 4. The Kier molecular flexibility index (Phi) is 20.2. The number of phenols is 3. The van der Waals surface area contributed by atoms with Crippen LogP contribution in [-0.2, 0) is 35.2 Å². The van der Waals surface area contributed by atoms with E-state index in [0.29, 0.717) is 124 Å². The van der Waals surface area contributed by atoms with Gasteiger partial charge in [0.1, 0.15) is 36.2 Å². The number of hydrogen-bond acceptors (Lipinski definition) is 10. The first-order valence-corrected chi connectivity index (χ1v) is 25.0. The van der Waals surface area contributed by atoms with Gasteiger partial charge in [-0.1, -0.05) is 85.6 Å². The highest BCUT2D eigenvalue weighted by Crippen LogP contribution is 2.40. The van der Waals surface area contributed by atoms with Gasteiger partial charge in [0.05, 0.1) is 0 Å². The number of aromatic hydroxyl groups is 3. The highest BCUT2D eigenvalue weighted by atomic mass is 16.6. The smallest absolute Gasteiger partial charge is 0.333 e. The van der Waals surface area contributed by atoms with E-state index in [-0.39, 0.29) is 84.9 Å². The Hall–Kier alpha value is -6.03. The molecule has 0 radical (unpaired) electrons. The Balaban J connectivity index is 1.83. The third-order valence-electron chi connectivity index (χ3n) is 12.8. The number of ether oxygens (including phenoxy) is 2. The largest absolute Gasteiger partial charge is 0.507 e. The third-order valence-corrected chi connectivity index (χ3v) is 12.8. The first-order valence-electron chi connectivity index (χ1n) is 25.0. The van der Waals surface area contributed by atoms with Crippen molar-refractivity contribution in [3.05, 3.63) is 127 Å². The second kappa shape index (κ2) is 25.9. The molecule has 10 nitrogen and oxygen atoms in total. The first kappa shape index (κ1) is 52.9. The highest BCUT2D eigenvalue weighted by molar-refractivity contribution is 5.99. The quantitative estimate of drug-likeness (QED) is 0.0222. The molecule has 0 amide bonds. The summed E-state index contributed by atoms with van der Waals surface area (Å²) in [7, 11) is 0. The minimum Gasteiger partial charge on any atom is -0.507 e. The van der Waals surface area contributed by atoms with E-state index < -0.39 is 5.97 Å². The maximum atomic E-state index is 14.1. The van der Waals surface area contributed by atoms with Gasteiger partial charge in [-0.15, -0.1) is 0 Å². The molecule has 0 saturated heterocycles. The van der Waals surface area contributed by atoms with E-state index in [2.05, 4.69) is 34.3 Å². The molecule has 5 rings (SSSR count). The van der Waals surface area contributed by atoms with Crippen LogP contribution < -0.4 is 4.74 Å². The van der Waals surface area contributed by atoms with Crippen LogP contribution in [0.5, 0.6) is 23.0 Å². The molecule has 4 aromatic rings. The van der Waals surface area contributed by atoms with E-state index in [1.807, 2.05) is 0 Å². The van der Waals surface area contributed by atoms with Crippen LogP contribution in [0.4, 0.5) is 0 Å². The highest BCUT2D eigenvalue weighted by Gasteiger charge is 2.26.